The molecule has 0 bridgehead atoms. The van der Waals surface area contributed by atoms with Crippen LogP contribution in [0.2, 0.25) is 0 Å². The van der Waals surface area contributed by atoms with Gasteiger partial charge in [0.15, 0.2) is 0 Å². The quantitative estimate of drug-likeness (QED) is 0.729. The van der Waals surface area contributed by atoms with Crippen molar-refractivity contribution in [1.82, 2.24) is 10.2 Å². The number of methoxy groups -OCH3 is 1. The molecule has 2 aromatic carbocycles. The van der Waals surface area contributed by atoms with E-state index in [-0.39, 0.29) is 29.8 Å². The molecule has 176 valence electrons. The number of hydrogen-bond acceptors (Lipinski definition) is 5. The zero-order chi connectivity index (χ0) is 22.8. The number of rotatable bonds is 6. The Kier molecular flexibility index (Phi) is 6.51. The van der Waals surface area contributed by atoms with Crippen LogP contribution in [-0.4, -0.2) is 62.8 Å². The smallest absolute Gasteiger partial charge is 0.225 e. The number of fused-ring (bicyclic) bond motifs is 3. The molecule has 3 atom stereocenters. The lowest BCUT2D eigenvalue weighted by molar-refractivity contribution is -0.126. The summed E-state index contributed by atoms with van der Waals surface area (Å²) in [7, 11) is 1.68. The third kappa shape index (κ3) is 4.84. The number of halogens is 1. The second kappa shape index (κ2) is 9.69. The first-order valence-corrected chi connectivity index (χ1v) is 11.9. The summed E-state index contributed by atoms with van der Waals surface area (Å²) in [6, 6.07) is 12.9. The Morgan fingerprint density at radius 2 is 2.06 bits per heavy atom. The largest absolute Gasteiger partial charge is 0.497 e. The van der Waals surface area contributed by atoms with Gasteiger partial charge in [-0.1, -0.05) is 18.2 Å². The number of carbonyl (C=O) groups is 1. The van der Waals surface area contributed by atoms with Gasteiger partial charge in [-0.05, 0) is 48.6 Å². The minimum Gasteiger partial charge on any atom is -0.497 e. The number of ether oxygens (including phenoxy) is 2. The molecule has 1 amide bonds. The minimum atomic E-state index is -0.218. The molecule has 2 fully saturated rings. The van der Waals surface area contributed by atoms with Gasteiger partial charge in [-0.2, -0.15) is 0 Å². The molecular formula is C26H32FN3O3. The van der Waals surface area contributed by atoms with Crippen LogP contribution in [0.4, 0.5) is 10.1 Å². The Hall–Kier alpha value is -2.64. The maximum atomic E-state index is 13.4. The van der Waals surface area contributed by atoms with Gasteiger partial charge in [-0.3, -0.25) is 9.69 Å². The second-order valence-electron chi connectivity index (χ2n) is 9.31. The normalized spacial score (nSPS) is 24.8. The first-order valence-electron chi connectivity index (χ1n) is 11.9. The fraction of sp³-hybridized carbons (Fsp3) is 0.500. The minimum absolute atomic E-state index is 0.0725. The van der Waals surface area contributed by atoms with Crippen molar-refractivity contribution < 1.29 is 18.7 Å². The second-order valence-corrected chi connectivity index (χ2v) is 9.31. The average molecular weight is 454 g/mol. The number of nitrogens with zero attached hydrogens (tertiary/aromatic N) is 2. The van der Waals surface area contributed by atoms with Gasteiger partial charge in [0.25, 0.3) is 0 Å². The predicted octanol–water partition coefficient (Wildman–Crippen LogP) is 2.99. The molecule has 33 heavy (non-hydrogen) atoms. The van der Waals surface area contributed by atoms with Gasteiger partial charge in [0.1, 0.15) is 11.6 Å². The number of amides is 1. The molecule has 3 aliphatic rings. The lowest BCUT2D eigenvalue weighted by Crippen LogP contribution is -2.61. The first-order chi connectivity index (χ1) is 16.1. The van der Waals surface area contributed by atoms with E-state index in [0.29, 0.717) is 13.0 Å². The van der Waals surface area contributed by atoms with Crippen molar-refractivity contribution >= 4 is 11.6 Å². The molecule has 0 radical (unpaired) electrons. The van der Waals surface area contributed by atoms with Crippen LogP contribution in [0.3, 0.4) is 0 Å². The summed E-state index contributed by atoms with van der Waals surface area (Å²) in [4.78, 5) is 18.1. The molecular weight excluding hydrogens is 421 g/mol. The van der Waals surface area contributed by atoms with Gasteiger partial charge in [0.2, 0.25) is 5.91 Å². The van der Waals surface area contributed by atoms with Gasteiger partial charge in [0.05, 0.1) is 25.2 Å². The number of anilines is 1. The zero-order valence-electron chi connectivity index (χ0n) is 19.1. The van der Waals surface area contributed by atoms with Crippen molar-refractivity contribution in [3.05, 3.63) is 59.4 Å². The molecule has 0 saturated carbocycles. The zero-order valence-corrected chi connectivity index (χ0v) is 19.1. The van der Waals surface area contributed by atoms with Crippen LogP contribution in [0.5, 0.6) is 5.75 Å². The standard InChI is InChI=1S/C26H32FN3O3/c1-32-21-9-6-19-13-23(26(31)28-15-22-3-2-12-33-22)25-17-29(10-11-30(25)24(19)14-21)16-18-4-7-20(27)8-5-18/h4-9,14,22-23,25H,2-3,10-13,15-17H2,1H3,(H,28,31)/t22-,23-,25-/m1/s1. The molecule has 0 spiro atoms. The van der Waals surface area contributed by atoms with E-state index in [9.17, 15) is 9.18 Å². The van der Waals surface area contributed by atoms with E-state index in [0.717, 1.165) is 56.9 Å². The molecule has 3 aliphatic heterocycles. The monoisotopic (exact) mass is 453 g/mol. The van der Waals surface area contributed by atoms with Crippen LogP contribution < -0.4 is 15.0 Å². The Morgan fingerprint density at radius 1 is 1.21 bits per heavy atom. The number of nitrogens with one attached hydrogen (secondary N) is 1. The molecule has 0 aliphatic carbocycles. The topological polar surface area (TPSA) is 54.0 Å². The number of piperazine rings is 1. The van der Waals surface area contributed by atoms with Crippen LogP contribution in [0.25, 0.3) is 0 Å². The van der Waals surface area contributed by atoms with Crippen LogP contribution in [-0.2, 0) is 22.5 Å². The summed E-state index contributed by atoms with van der Waals surface area (Å²) in [5, 5.41) is 3.18. The molecule has 6 nitrogen and oxygen atoms in total. The summed E-state index contributed by atoms with van der Waals surface area (Å²) in [6.07, 6.45) is 2.91. The third-order valence-electron chi connectivity index (χ3n) is 7.19. The summed E-state index contributed by atoms with van der Waals surface area (Å²) >= 11 is 0. The molecule has 5 rings (SSSR count). The van der Waals surface area contributed by atoms with Gasteiger partial charge < -0.3 is 19.7 Å². The lowest BCUT2D eigenvalue weighted by Gasteiger charge is -2.49. The van der Waals surface area contributed by atoms with Crippen molar-refractivity contribution in [3.8, 4) is 5.75 Å². The van der Waals surface area contributed by atoms with E-state index in [4.69, 9.17) is 9.47 Å². The van der Waals surface area contributed by atoms with Crippen molar-refractivity contribution in [2.24, 2.45) is 5.92 Å². The summed E-state index contributed by atoms with van der Waals surface area (Å²) in [5.74, 6) is 0.584. The Labute approximate surface area is 194 Å². The van der Waals surface area contributed by atoms with Gasteiger partial charge in [-0.25, -0.2) is 4.39 Å². The summed E-state index contributed by atoms with van der Waals surface area (Å²) in [5.41, 5.74) is 3.45. The molecule has 2 aromatic rings. The Balaban J connectivity index is 1.35. The van der Waals surface area contributed by atoms with E-state index in [1.807, 2.05) is 18.2 Å². The number of hydrogen-bond donors (Lipinski definition) is 1. The van der Waals surface area contributed by atoms with E-state index < -0.39 is 0 Å². The van der Waals surface area contributed by atoms with Gasteiger partial charge >= 0.3 is 0 Å². The molecule has 0 aromatic heterocycles. The van der Waals surface area contributed by atoms with E-state index in [1.165, 1.54) is 23.4 Å². The fourth-order valence-electron chi connectivity index (χ4n) is 5.41. The molecule has 7 heteroatoms. The molecule has 1 N–H and O–H groups in total. The highest BCUT2D eigenvalue weighted by Gasteiger charge is 2.41. The maximum absolute atomic E-state index is 13.4. The summed E-state index contributed by atoms with van der Waals surface area (Å²) in [6.45, 7) is 4.62. The van der Waals surface area contributed by atoms with Crippen molar-refractivity contribution in [2.75, 3.05) is 44.8 Å². The van der Waals surface area contributed by atoms with Crippen LogP contribution in [0.1, 0.15) is 24.0 Å². The van der Waals surface area contributed by atoms with Crippen LogP contribution in [0, 0.1) is 11.7 Å². The van der Waals surface area contributed by atoms with E-state index >= 15 is 0 Å². The van der Waals surface area contributed by atoms with Gasteiger partial charge in [-0.15, -0.1) is 0 Å². The van der Waals surface area contributed by atoms with E-state index in [2.05, 4.69) is 27.2 Å². The molecule has 2 saturated heterocycles. The fourth-order valence-corrected chi connectivity index (χ4v) is 5.41. The third-order valence-corrected chi connectivity index (χ3v) is 7.19. The summed E-state index contributed by atoms with van der Waals surface area (Å²) < 4.78 is 24.5. The van der Waals surface area contributed by atoms with Crippen LogP contribution in [0.15, 0.2) is 42.5 Å². The van der Waals surface area contributed by atoms with Crippen molar-refractivity contribution in [3.63, 3.8) is 0 Å². The molecule has 3 heterocycles. The Morgan fingerprint density at radius 3 is 2.82 bits per heavy atom. The first kappa shape index (κ1) is 22.2. The van der Waals surface area contributed by atoms with Crippen molar-refractivity contribution in [2.45, 2.75) is 38.0 Å². The van der Waals surface area contributed by atoms with Gasteiger partial charge in [0, 0.05) is 51.1 Å². The molecule has 0 unspecified atom stereocenters. The van der Waals surface area contributed by atoms with E-state index in [1.54, 1.807) is 7.11 Å². The lowest BCUT2D eigenvalue weighted by atomic mass is 9.83. The van der Waals surface area contributed by atoms with Crippen LogP contribution >= 0.6 is 0 Å². The highest BCUT2D eigenvalue weighted by atomic mass is 19.1. The highest BCUT2D eigenvalue weighted by Crippen LogP contribution is 2.38. The number of carbonyl (C=O) groups excluding carboxylic acids is 1. The predicted molar refractivity (Wildman–Crippen MR) is 125 cm³/mol. The SMILES string of the molecule is COc1ccc2c(c1)N1CCN(Cc3ccc(F)cc3)C[C@@H]1[C@H](C(=O)NC[C@H]1CCCO1)C2. The Bertz CT molecular complexity index is 977. The average Bonchev–Trinajstić information content (AvgIpc) is 3.37. The number of benzene rings is 2. The highest BCUT2D eigenvalue weighted by molar-refractivity contribution is 5.82. The van der Waals surface area contributed by atoms with Crippen molar-refractivity contribution in [1.29, 1.82) is 0 Å². The maximum Gasteiger partial charge on any atom is 0.225 e.